The van der Waals surface area contributed by atoms with Gasteiger partial charge in [0.25, 0.3) is 0 Å². The second-order valence-electron chi connectivity index (χ2n) is 19.9. The van der Waals surface area contributed by atoms with Crippen molar-refractivity contribution in [3.8, 4) is 0 Å². The van der Waals surface area contributed by atoms with Crippen LogP contribution >= 0.6 is 0 Å². The molecular formula is C62H72N2O6Si. The quantitative estimate of drug-likeness (QED) is 0.0500. The summed E-state index contributed by atoms with van der Waals surface area (Å²) in [6.07, 6.45) is 3.72. The first-order valence-corrected chi connectivity index (χ1v) is 28.1. The van der Waals surface area contributed by atoms with Crippen LogP contribution in [0, 0.1) is 0 Å². The molecule has 6 aromatic carbocycles. The van der Waals surface area contributed by atoms with Gasteiger partial charge in [0.15, 0.2) is 8.32 Å². The molecule has 8 rings (SSSR count). The number of nitrogens with zero attached hydrogens (tertiary/aromatic N) is 2. The summed E-state index contributed by atoms with van der Waals surface area (Å²) in [4.78, 5) is 29.9. The molecule has 0 aliphatic carbocycles. The van der Waals surface area contributed by atoms with Gasteiger partial charge in [-0.05, 0) is 89.3 Å². The number of rotatable bonds is 14. The van der Waals surface area contributed by atoms with Crippen molar-refractivity contribution in [3.63, 3.8) is 0 Å². The molecule has 0 bridgehead atoms. The largest absolute Gasteiger partial charge is 0.463 e. The number of aliphatic hydroxyl groups is 1. The van der Waals surface area contributed by atoms with Gasteiger partial charge in [-0.25, -0.2) is 9.59 Å². The van der Waals surface area contributed by atoms with Gasteiger partial charge in [-0.2, -0.15) is 0 Å². The molecule has 2 aliphatic heterocycles. The number of benzene rings is 6. The van der Waals surface area contributed by atoms with E-state index >= 15 is 0 Å². The minimum absolute atomic E-state index is 0.0705. The lowest BCUT2D eigenvalue weighted by atomic mass is 9.74. The topological polar surface area (TPSA) is 88.5 Å². The Hall–Kier alpha value is -6.20. The fraction of sp³-hybridized carbons (Fsp3) is 0.323. The third-order valence-corrected chi connectivity index (χ3v) is 18.9. The molecule has 370 valence electrons. The fourth-order valence-corrected chi connectivity index (χ4v) is 11.4. The minimum atomic E-state index is -2.07. The number of carbonyl (C=O) groups excluding carboxylic acids is 2. The second kappa shape index (κ2) is 23.8. The number of likely N-dealkylation sites (tertiary alicyclic amines) is 2. The summed E-state index contributed by atoms with van der Waals surface area (Å²) in [5.74, 6) is -0.712. The van der Waals surface area contributed by atoms with E-state index in [1.165, 1.54) is 22.8 Å². The van der Waals surface area contributed by atoms with Gasteiger partial charge in [0, 0.05) is 38.3 Å². The standard InChI is InChI=1S/C34H43NO3Si.C28H29NO3/c1-7-37-32(36)25-27-26-35(24-23-31(27)38-39(5,6)33(2,3)4)34(28-17-11-8-12-18-28,29-19-13-9-14-20-29)30-21-15-10-16-22-30;1-2-32-27(31)20-22-21-29(19-18-26(22)30)28(23-12-6-3-7-13-23,24-14-8-4-9-15-24)25-16-10-5-11-17-25/h8-22,25,31H,7,23-24,26H2,1-6H3;3-17,20,26,30H,2,18-19,21H2,1H3/b27-25+;22-20+. The highest BCUT2D eigenvalue weighted by Gasteiger charge is 2.47. The Bertz CT molecular complexity index is 2480. The summed E-state index contributed by atoms with van der Waals surface area (Å²) < 4.78 is 17.5. The van der Waals surface area contributed by atoms with E-state index in [0.717, 1.165) is 35.2 Å². The fourth-order valence-electron chi connectivity index (χ4n) is 10.1. The van der Waals surface area contributed by atoms with Crippen molar-refractivity contribution >= 4 is 20.3 Å². The molecule has 2 atom stereocenters. The molecule has 1 N–H and O–H groups in total. The van der Waals surface area contributed by atoms with Crippen molar-refractivity contribution in [3.05, 3.63) is 239 Å². The Morgan fingerprint density at radius 2 is 0.817 bits per heavy atom. The van der Waals surface area contributed by atoms with Crippen molar-refractivity contribution in [2.75, 3.05) is 39.4 Å². The smallest absolute Gasteiger partial charge is 0.330 e. The van der Waals surface area contributed by atoms with Crippen LogP contribution in [-0.4, -0.2) is 86.8 Å². The molecule has 2 fully saturated rings. The average molecular weight is 969 g/mol. The predicted molar refractivity (Wildman–Crippen MR) is 288 cm³/mol. The molecule has 2 heterocycles. The number of hydrogen-bond acceptors (Lipinski definition) is 8. The summed E-state index contributed by atoms with van der Waals surface area (Å²) in [6, 6.07) is 63.5. The Morgan fingerprint density at radius 3 is 1.13 bits per heavy atom. The van der Waals surface area contributed by atoms with Crippen molar-refractivity contribution in [2.24, 2.45) is 0 Å². The average Bonchev–Trinajstić information content (AvgIpc) is 3.38. The van der Waals surface area contributed by atoms with Crippen molar-refractivity contribution in [1.29, 1.82) is 0 Å². The number of carbonyl (C=O) groups is 2. The molecule has 6 aromatic rings. The number of aliphatic hydroxyl groups excluding tert-OH is 1. The van der Waals surface area contributed by atoms with Crippen LogP contribution in [0.1, 0.15) is 80.8 Å². The molecular weight excluding hydrogens is 897 g/mol. The van der Waals surface area contributed by atoms with Gasteiger partial charge < -0.3 is 19.0 Å². The van der Waals surface area contributed by atoms with Crippen LogP contribution in [0.4, 0.5) is 0 Å². The van der Waals surface area contributed by atoms with E-state index in [1.54, 1.807) is 13.0 Å². The number of hydrogen-bond donors (Lipinski definition) is 1. The zero-order valence-electron chi connectivity index (χ0n) is 42.7. The predicted octanol–water partition coefficient (Wildman–Crippen LogP) is 12.1. The first kappa shape index (κ1) is 52.6. The van der Waals surface area contributed by atoms with Crippen LogP contribution in [0.3, 0.4) is 0 Å². The molecule has 0 spiro atoms. The van der Waals surface area contributed by atoms with Crippen LogP contribution in [0.5, 0.6) is 0 Å². The monoisotopic (exact) mass is 969 g/mol. The SMILES string of the molecule is CCOC(=O)/C=C1\CN(C(c2ccccc2)(c2ccccc2)c2ccccc2)CCC1O.CCOC(=O)/C=C1\CN(C(c2ccccc2)(c2ccccc2)c2ccccc2)CCC1O[Si](C)(C)C(C)(C)C. The van der Waals surface area contributed by atoms with Gasteiger partial charge in [0.2, 0.25) is 0 Å². The highest BCUT2D eigenvalue weighted by molar-refractivity contribution is 6.74. The zero-order valence-corrected chi connectivity index (χ0v) is 43.7. The van der Waals surface area contributed by atoms with Crippen molar-refractivity contribution in [2.45, 2.75) is 88.9 Å². The van der Waals surface area contributed by atoms with E-state index < -0.39 is 31.5 Å². The second-order valence-corrected chi connectivity index (χ2v) is 24.6. The maximum Gasteiger partial charge on any atom is 0.330 e. The number of ether oxygens (including phenoxy) is 2. The van der Waals surface area contributed by atoms with Gasteiger partial charge in [-0.3, -0.25) is 9.80 Å². The maximum atomic E-state index is 12.8. The van der Waals surface area contributed by atoms with E-state index in [2.05, 4.69) is 207 Å². The van der Waals surface area contributed by atoms with E-state index in [1.807, 2.05) is 25.1 Å². The Labute approximate surface area is 423 Å². The van der Waals surface area contributed by atoms with E-state index in [9.17, 15) is 14.7 Å². The lowest BCUT2D eigenvalue weighted by molar-refractivity contribution is -0.138. The van der Waals surface area contributed by atoms with Crippen LogP contribution in [-0.2, 0) is 34.6 Å². The molecule has 0 saturated carbocycles. The van der Waals surface area contributed by atoms with E-state index in [-0.39, 0.29) is 17.1 Å². The Balaban J connectivity index is 0.000000213. The molecule has 0 radical (unpaired) electrons. The molecule has 0 amide bonds. The number of piperidine rings is 2. The summed E-state index contributed by atoms with van der Waals surface area (Å²) >= 11 is 0. The third kappa shape index (κ3) is 11.8. The molecule has 9 heteroatoms. The normalized spacial score (nSPS) is 18.3. The minimum Gasteiger partial charge on any atom is -0.463 e. The van der Waals surface area contributed by atoms with Crippen molar-refractivity contribution < 1.29 is 28.6 Å². The zero-order chi connectivity index (χ0) is 50.5. The van der Waals surface area contributed by atoms with Gasteiger partial charge in [0.1, 0.15) is 0 Å². The Morgan fingerprint density at radius 1 is 0.521 bits per heavy atom. The summed E-state index contributed by atoms with van der Waals surface area (Å²) in [5.41, 5.74) is 7.57. The first-order valence-electron chi connectivity index (χ1n) is 25.2. The lowest BCUT2D eigenvalue weighted by Gasteiger charge is -2.50. The van der Waals surface area contributed by atoms with Gasteiger partial charge in [-0.1, -0.05) is 203 Å². The molecule has 8 nitrogen and oxygen atoms in total. The van der Waals surface area contributed by atoms with Crippen molar-refractivity contribution in [1.82, 2.24) is 9.80 Å². The van der Waals surface area contributed by atoms with Gasteiger partial charge >= 0.3 is 11.9 Å². The molecule has 2 saturated heterocycles. The van der Waals surface area contributed by atoms with E-state index in [0.29, 0.717) is 44.8 Å². The van der Waals surface area contributed by atoms with Crippen LogP contribution < -0.4 is 0 Å². The molecule has 71 heavy (non-hydrogen) atoms. The third-order valence-electron chi connectivity index (χ3n) is 14.4. The summed E-state index contributed by atoms with van der Waals surface area (Å²) in [6.45, 7) is 18.2. The lowest BCUT2D eigenvalue weighted by Crippen LogP contribution is -2.55. The van der Waals surface area contributed by atoms with E-state index in [4.69, 9.17) is 13.9 Å². The van der Waals surface area contributed by atoms with Crippen LogP contribution in [0.25, 0.3) is 0 Å². The van der Waals surface area contributed by atoms with Gasteiger partial charge in [0.05, 0.1) is 36.5 Å². The highest BCUT2D eigenvalue weighted by Crippen LogP contribution is 2.47. The molecule has 2 aliphatic rings. The van der Waals surface area contributed by atoms with Gasteiger partial charge in [-0.15, -0.1) is 0 Å². The number of esters is 2. The van der Waals surface area contributed by atoms with Crippen LogP contribution in [0.2, 0.25) is 18.1 Å². The maximum absolute atomic E-state index is 12.8. The van der Waals surface area contributed by atoms with Crippen LogP contribution in [0.15, 0.2) is 205 Å². The molecule has 0 aromatic heterocycles. The summed E-state index contributed by atoms with van der Waals surface area (Å²) in [7, 11) is -2.07. The highest BCUT2D eigenvalue weighted by atomic mass is 28.4. The molecule has 2 unspecified atom stereocenters. The Kier molecular flexibility index (Phi) is 17.6. The summed E-state index contributed by atoms with van der Waals surface area (Å²) in [5, 5.41) is 10.7. The first-order chi connectivity index (χ1) is 34.2.